The third-order valence-corrected chi connectivity index (χ3v) is 2.74. The monoisotopic (exact) mass is 282 g/mol. The van der Waals surface area contributed by atoms with E-state index in [0.717, 1.165) is 16.5 Å². The lowest BCUT2D eigenvalue weighted by Crippen LogP contribution is -1.90. The summed E-state index contributed by atoms with van der Waals surface area (Å²) >= 11 is 3.43. The predicted molar refractivity (Wildman–Crippen MR) is 63.1 cm³/mol. The highest BCUT2D eigenvalue weighted by atomic mass is 79.9. The van der Waals surface area contributed by atoms with Gasteiger partial charge in [-0.05, 0) is 11.6 Å². The number of benzene rings is 1. The van der Waals surface area contributed by atoms with E-state index in [4.69, 9.17) is 9.26 Å². The molecule has 0 N–H and O–H groups in total. The Morgan fingerprint density at radius 2 is 2.19 bits per heavy atom. The molecule has 84 valence electrons. The molecule has 4 nitrogen and oxygen atoms in total. The molecule has 0 bridgehead atoms. The number of methoxy groups -OCH3 is 1. The predicted octanol–water partition coefficient (Wildman–Crippen LogP) is 2.78. The molecule has 1 heterocycles. The average Bonchev–Trinajstić information content (AvgIpc) is 2.78. The van der Waals surface area contributed by atoms with E-state index in [1.165, 1.54) is 0 Å². The molecule has 0 amide bonds. The van der Waals surface area contributed by atoms with Crippen LogP contribution in [0.5, 0.6) is 0 Å². The minimum absolute atomic E-state index is 0.361. The van der Waals surface area contributed by atoms with Crippen molar-refractivity contribution in [2.45, 2.75) is 11.9 Å². The minimum atomic E-state index is 0.361. The van der Waals surface area contributed by atoms with E-state index in [9.17, 15) is 0 Å². The van der Waals surface area contributed by atoms with Gasteiger partial charge in [0.25, 0.3) is 5.89 Å². The highest BCUT2D eigenvalue weighted by Gasteiger charge is 2.11. The van der Waals surface area contributed by atoms with Gasteiger partial charge in [-0.3, -0.25) is 0 Å². The van der Waals surface area contributed by atoms with Crippen molar-refractivity contribution >= 4 is 15.9 Å². The van der Waals surface area contributed by atoms with Crippen molar-refractivity contribution in [3.05, 3.63) is 35.7 Å². The molecule has 0 aliphatic heterocycles. The minimum Gasteiger partial charge on any atom is -0.377 e. The first-order valence-corrected chi connectivity index (χ1v) is 5.93. The average molecular weight is 283 g/mol. The quantitative estimate of drug-likeness (QED) is 0.809. The number of hydrogen-bond acceptors (Lipinski definition) is 4. The molecule has 1 aromatic carbocycles. The van der Waals surface area contributed by atoms with Gasteiger partial charge in [0.2, 0.25) is 0 Å². The summed E-state index contributed by atoms with van der Waals surface area (Å²) < 4.78 is 10.1. The van der Waals surface area contributed by atoms with Crippen molar-refractivity contribution < 1.29 is 9.26 Å². The summed E-state index contributed by atoms with van der Waals surface area (Å²) in [4.78, 5) is 4.26. The van der Waals surface area contributed by atoms with E-state index < -0.39 is 0 Å². The molecule has 0 saturated heterocycles. The highest BCUT2D eigenvalue weighted by Crippen LogP contribution is 2.23. The standard InChI is InChI=1S/C11H11BrN2O2/c1-15-7-10-13-11(16-14-10)9-5-3-2-4-8(9)6-12/h2-5H,6-7H2,1H3. The summed E-state index contributed by atoms with van der Waals surface area (Å²) in [7, 11) is 1.60. The Hall–Kier alpha value is -1.20. The second-order valence-electron chi connectivity index (χ2n) is 3.24. The van der Waals surface area contributed by atoms with Crippen LogP contribution in [-0.2, 0) is 16.7 Å². The Kier molecular flexibility index (Phi) is 3.69. The van der Waals surface area contributed by atoms with Crippen LogP contribution in [0.15, 0.2) is 28.8 Å². The maximum absolute atomic E-state index is 5.18. The number of alkyl halides is 1. The van der Waals surface area contributed by atoms with Crippen molar-refractivity contribution in [3.8, 4) is 11.5 Å². The fourth-order valence-electron chi connectivity index (χ4n) is 1.40. The van der Waals surface area contributed by atoms with E-state index in [0.29, 0.717) is 18.3 Å². The molecule has 0 radical (unpaired) electrons. The van der Waals surface area contributed by atoms with Gasteiger partial charge in [-0.2, -0.15) is 4.98 Å². The van der Waals surface area contributed by atoms with E-state index in [1.807, 2.05) is 24.3 Å². The zero-order valence-corrected chi connectivity index (χ0v) is 10.4. The van der Waals surface area contributed by atoms with Crippen LogP contribution in [0.2, 0.25) is 0 Å². The Morgan fingerprint density at radius 1 is 1.38 bits per heavy atom. The van der Waals surface area contributed by atoms with Crippen molar-refractivity contribution in [3.63, 3.8) is 0 Å². The molecule has 1 aromatic heterocycles. The van der Waals surface area contributed by atoms with Crippen molar-refractivity contribution in [2.24, 2.45) is 0 Å². The SMILES string of the molecule is COCc1noc(-c2ccccc2CBr)n1. The molecule has 0 atom stereocenters. The van der Waals surface area contributed by atoms with Gasteiger partial charge in [-0.25, -0.2) is 0 Å². The molecular formula is C11H11BrN2O2. The maximum Gasteiger partial charge on any atom is 0.258 e. The third kappa shape index (κ3) is 2.31. The van der Waals surface area contributed by atoms with Crippen LogP contribution in [-0.4, -0.2) is 17.3 Å². The Balaban J connectivity index is 2.34. The molecule has 0 unspecified atom stereocenters. The van der Waals surface area contributed by atoms with Crippen LogP contribution >= 0.6 is 15.9 Å². The van der Waals surface area contributed by atoms with E-state index in [1.54, 1.807) is 7.11 Å². The summed E-state index contributed by atoms with van der Waals surface area (Å²) in [5.41, 5.74) is 2.07. The maximum atomic E-state index is 5.18. The molecular weight excluding hydrogens is 272 g/mol. The lowest BCUT2D eigenvalue weighted by molar-refractivity contribution is 0.174. The summed E-state index contributed by atoms with van der Waals surface area (Å²) in [5.74, 6) is 1.09. The summed E-state index contributed by atoms with van der Waals surface area (Å²) in [6, 6.07) is 7.90. The van der Waals surface area contributed by atoms with E-state index >= 15 is 0 Å². The Labute approximate surface area is 102 Å². The van der Waals surface area contributed by atoms with Gasteiger partial charge in [0.15, 0.2) is 5.82 Å². The lowest BCUT2D eigenvalue weighted by Gasteiger charge is -2.00. The molecule has 0 aliphatic carbocycles. The molecule has 2 aromatic rings. The molecule has 16 heavy (non-hydrogen) atoms. The molecule has 5 heteroatoms. The first-order valence-electron chi connectivity index (χ1n) is 4.81. The third-order valence-electron chi connectivity index (χ3n) is 2.13. The molecule has 0 fully saturated rings. The first kappa shape index (κ1) is 11.3. The van der Waals surface area contributed by atoms with Crippen LogP contribution in [0.4, 0.5) is 0 Å². The zero-order chi connectivity index (χ0) is 11.4. The van der Waals surface area contributed by atoms with Crippen LogP contribution in [0.3, 0.4) is 0 Å². The number of halogens is 1. The summed E-state index contributed by atoms with van der Waals surface area (Å²) in [6.07, 6.45) is 0. The number of rotatable bonds is 4. The van der Waals surface area contributed by atoms with Crippen molar-refractivity contribution in [2.75, 3.05) is 7.11 Å². The van der Waals surface area contributed by atoms with Gasteiger partial charge < -0.3 is 9.26 Å². The molecule has 0 saturated carbocycles. The fourth-order valence-corrected chi connectivity index (χ4v) is 1.89. The van der Waals surface area contributed by atoms with Gasteiger partial charge in [0.05, 0.1) is 0 Å². The number of aromatic nitrogens is 2. The van der Waals surface area contributed by atoms with Gasteiger partial charge >= 0.3 is 0 Å². The Morgan fingerprint density at radius 3 is 2.94 bits per heavy atom. The second-order valence-corrected chi connectivity index (χ2v) is 3.80. The van der Waals surface area contributed by atoms with Crippen LogP contribution < -0.4 is 0 Å². The molecule has 0 aliphatic rings. The van der Waals surface area contributed by atoms with Gasteiger partial charge in [0, 0.05) is 18.0 Å². The molecule has 2 rings (SSSR count). The summed E-state index contributed by atoms with van der Waals surface area (Å²) in [5, 5.41) is 4.59. The van der Waals surface area contributed by atoms with E-state index in [-0.39, 0.29) is 0 Å². The first-order chi connectivity index (χ1) is 7.85. The van der Waals surface area contributed by atoms with E-state index in [2.05, 4.69) is 26.1 Å². The normalized spacial score (nSPS) is 10.6. The number of ether oxygens (including phenoxy) is 1. The topological polar surface area (TPSA) is 48.2 Å². The molecule has 0 spiro atoms. The van der Waals surface area contributed by atoms with Gasteiger partial charge in [-0.1, -0.05) is 39.3 Å². The lowest BCUT2D eigenvalue weighted by atomic mass is 10.1. The largest absolute Gasteiger partial charge is 0.377 e. The number of nitrogens with zero attached hydrogens (tertiary/aromatic N) is 2. The van der Waals surface area contributed by atoms with Crippen LogP contribution in [0.1, 0.15) is 11.4 Å². The van der Waals surface area contributed by atoms with Crippen molar-refractivity contribution in [1.82, 2.24) is 10.1 Å². The smallest absolute Gasteiger partial charge is 0.258 e. The van der Waals surface area contributed by atoms with Crippen LogP contribution in [0, 0.1) is 0 Å². The summed E-state index contributed by atoms with van der Waals surface area (Å²) in [6.45, 7) is 0.361. The highest BCUT2D eigenvalue weighted by molar-refractivity contribution is 9.08. The number of hydrogen-bond donors (Lipinski definition) is 0. The van der Waals surface area contributed by atoms with Gasteiger partial charge in [0.1, 0.15) is 6.61 Å². The second kappa shape index (κ2) is 5.23. The fraction of sp³-hybridized carbons (Fsp3) is 0.273. The zero-order valence-electron chi connectivity index (χ0n) is 8.81. The van der Waals surface area contributed by atoms with Crippen molar-refractivity contribution in [1.29, 1.82) is 0 Å². The van der Waals surface area contributed by atoms with Gasteiger partial charge in [-0.15, -0.1) is 0 Å². The van der Waals surface area contributed by atoms with Crippen LogP contribution in [0.25, 0.3) is 11.5 Å². The Bertz CT molecular complexity index is 471.